The normalized spacial score (nSPS) is 11.6. The van der Waals surface area contributed by atoms with Gasteiger partial charge in [0.1, 0.15) is 0 Å². The summed E-state index contributed by atoms with van der Waals surface area (Å²) in [6.45, 7) is 0. The van der Waals surface area contributed by atoms with Gasteiger partial charge in [-0.3, -0.25) is 4.79 Å². The molecule has 0 unspecified atom stereocenters. The average Bonchev–Trinajstić information content (AvgIpc) is 2.47. The number of hydrogen-bond acceptors (Lipinski definition) is 2. The number of para-hydroxylation sites is 1. The number of anilines is 2. The van der Waals surface area contributed by atoms with E-state index in [1.54, 1.807) is 6.07 Å². The van der Waals surface area contributed by atoms with Crippen LogP contribution in [0, 0.1) is 0 Å². The van der Waals surface area contributed by atoms with E-state index in [2.05, 4.69) is 10.3 Å². The smallest absolute Gasteiger partial charge is 0.356 e. The molecule has 22 heavy (non-hydrogen) atoms. The van der Waals surface area contributed by atoms with Crippen molar-refractivity contribution in [2.24, 2.45) is 0 Å². The molecule has 3 aromatic rings. The zero-order valence-corrected chi connectivity index (χ0v) is 11.2. The molecule has 0 spiro atoms. The first-order chi connectivity index (χ1) is 10.4. The number of aromatic nitrogens is 1. The zero-order valence-electron chi connectivity index (χ0n) is 11.2. The van der Waals surface area contributed by atoms with E-state index in [1.807, 2.05) is 30.3 Å². The molecule has 0 aliphatic rings. The summed E-state index contributed by atoms with van der Waals surface area (Å²) in [5.41, 5.74) is -0.291. The summed E-state index contributed by atoms with van der Waals surface area (Å²) in [5, 5.41) is 2.98. The van der Waals surface area contributed by atoms with Gasteiger partial charge in [0, 0.05) is 28.3 Å². The SMILES string of the molecule is O=c1cc(C(F)(F)F)c2cc(Nc3ccccc3)ccc2[nH]1. The Labute approximate surface area is 123 Å². The summed E-state index contributed by atoms with van der Waals surface area (Å²) in [4.78, 5) is 13.8. The van der Waals surface area contributed by atoms with Gasteiger partial charge in [0.05, 0.1) is 5.56 Å². The van der Waals surface area contributed by atoms with E-state index < -0.39 is 17.3 Å². The van der Waals surface area contributed by atoms with Gasteiger partial charge < -0.3 is 10.3 Å². The molecular formula is C16H11F3N2O. The maximum Gasteiger partial charge on any atom is 0.417 e. The first kappa shape index (κ1) is 14.2. The Morgan fingerprint density at radius 3 is 2.32 bits per heavy atom. The maximum absolute atomic E-state index is 13.1. The Hall–Kier alpha value is -2.76. The topological polar surface area (TPSA) is 44.9 Å². The minimum atomic E-state index is -4.59. The van der Waals surface area contributed by atoms with E-state index in [4.69, 9.17) is 0 Å². The van der Waals surface area contributed by atoms with E-state index in [0.29, 0.717) is 11.8 Å². The number of halogens is 3. The molecule has 1 heterocycles. The minimum absolute atomic E-state index is 0.0481. The molecule has 0 fully saturated rings. The van der Waals surface area contributed by atoms with Gasteiger partial charge in [-0.1, -0.05) is 18.2 Å². The number of benzene rings is 2. The summed E-state index contributed by atoms with van der Waals surface area (Å²) >= 11 is 0. The lowest BCUT2D eigenvalue weighted by molar-refractivity contribution is -0.136. The molecule has 2 aromatic carbocycles. The van der Waals surface area contributed by atoms with Crippen molar-refractivity contribution in [2.45, 2.75) is 6.18 Å². The molecule has 0 aliphatic carbocycles. The van der Waals surface area contributed by atoms with Gasteiger partial charge in [-0.2, -0.15) is 13.2 Å². The van der Waals surface area contributed by atoms with Crippen LogP contribution < -0.4 is 10.9 Å². The number of nitrogens with one attached hydrogen (secondary N) is 2. The maximum atomic E-state index is 13.1. The Morgan fingerprint density at radius 1 is 0.909 bits per heavy atom. The fraction of sp³-hybridized carbons (Fsp3) is 0.0625. The van der Waals surface area contributed by atoms with Crippen LogP contribution in [0.15, 0.2) is 59.4 Å². The third kappa shape index (κ3) is 2.81. The predicted octanol–water partition coefficient (Wildman–Crippen LogP) is 4.29. The van der Waals surface area contributed by atoms with Crippen LogP contribution in [0.25, 0.3) is 10.9 Å². The van der Waals surface area contributed by atoms with Crippen molar-refractivity contribution >= 4 is 22.3 Å². The second-order valence-electron chi connectivity index (χ2n) is 4.80. The third-order valence-corrected chi connectivity index (χ3v) is 3.21. The summed E-state index contributed by atoms with van der Waals surface area (Å²) < 4.78 is 39.2. The van der Waals surface area contributed by atoms with Gasteiger partial charge in [0.15, 0.2) is 0 Å². The molecule has 6 heteroatoms. The molecule has 0 atom stereocenters. The lowest BCUT2D eigenvalue weighted by Gasteiger charge is -2.12. The van der Waals surface area contributed by atoms with Crippen LogP contribution in [-0.4, -0.2) is 4.98 Å². The van der Waals surface area contributed by atoms with Crippen molar-refractivity contribution in [3.63, 3.8) is 0 Å². The van der Waals surface area contributed by atoms with Gasteiger partial charge in [-0.25, -0.2) is 0 Å². The van der Waals surface area contributed by atoms with E-state index in [-0.39, 0.29) is 10.9 Å². The van der Waals surface area contributed by atoms with E-state index in [9.17, 15) is 18.0 Å². The molecule has 0 aliphatic heterocycles. The molecule has 1 aromatic heterocycles. The van der Waals surface area contributed by atoms with Crippen molar-refractivity contribution in [3.05, 3.63) is 70.5 Å². The number of rotatable bonds is 2. The van der Waals surface area contributed by atoms with Crippen LogP contribution >= 0.6 is 0 Å². The second kappa shape index (κ2) is 5.22. The predicted molar refractivity (Wildman–Crippen MR) is 79.3 cm³/mol. The summed E-state index contributed by atoms with van der Waals surface area (Å²) in [6.07, 6.45) is -4.59. The average molecular weight is 304 g/mol. The molecule has 0 saturated heterocycles. The number of pyridine rings is 1. The quantitative estimate of drug-likeness (QED) is 0.742. The number of fused-ring (bicyclic) bond motifs is 1. The molecular weight excluding hydrogens is 293 g/mol. The van der Waals surface area contributed by atoms with Crippen LogP contribution in [0.5, 0.6) is 0 Å². The van der Waals surface area contributed by atoms with Crippen LogP contribution in [-0.2, 0) is 6.18 Å². The van der Waals surface area contributed by atoms with E-state index in [1.165, 1.54) is 12.1 Å². The van der Waals surface area contributed by atoms with Gasteiger partial charge >= 0.3 is 6.18 Å². The van der Waals surface area contributed by atoms with Crippen LogP contribution in [0.2, 0.25) is 0 Å². The second-order valence-corrected chi connectivity index (χ2v) is 4.80. The monoisotopic (exact) mass is 304 g/mol. The Morgan fingerprint density at radius 2 is 1.64 bits per heavy atom. The Kier molecular flexibility index (Phi) is 3.36. The fourth-order valence-electron chi connectivity index (χ4n) is 2.25. The molecule has 2 N–H and O–H groups in total. The van der Waals surface area contributed by atoms with Crippen LogP contribution in [0.4, 0.5) is 24.5 Å². The molecule has 3 nitrogen and oxygen atoms in total. The standard InChI is InChI=1S/C16H11F3N2O/c17-16(18,19)13-9-15(22)21-14-7-6-11(8-12(13)14)20-10-4-2-1-3-5-10/h1-9,20H,(H,21,22). The summed E-state index contributed by atoms with van der Waals surface area (Å²) in [5.74, 6) is 0. The number of H-pyrrole nitrogens is 1. The van der Waals surface area contributed by atoms with Crippen molar-refractivity contribution < 1.29 is 13.2 Å². The van der Waals surface area contributed by atoms with E-state index in [0.717, 1.165) is 5.69 Å². The lowest BCUT2D eigenvalue weighted by atomic mass is 10.1. The summed E-state index contributed by atoms with van der Waals surface area (Å²) in [6, 6.07) is 14.1. The molecule has 0 saturated carbocycles. The third-order valence-electron chi connectivity index (χ3n) is 3.21. The van der Waals surface area contributed by atoms with Crippen molar-refractivity contribution in [1.29, 1.82) is 0 Å². The van der Waals surface area contributed by atoms with Gasteiger partial charge in [-0.05, 0) is 30.3 Å². The lowest BCUT2D eigenvalue weighted by Crippen LogP contribution is -2.13. The van der Waals surface area contributed by atoms with Crippen molar-refractivity contribution in [1.82, 2.24) is 4.98 Å². The van der Waals surface area contributed by atoms with Crippen molar-refractivity contribution in [3.8, 4) is 0 Å². The fourth-order valence-corrected chi connectivity index (χ4v) is 2.25. The molecule has 112 valence electrons. The zero-order chi connectivity index (χ0) is 15.7. The first-order valence-electron chi connectivity index (χ1n) is 6.50. The van der Waals surface area contributed by atoms with Crippen molar-refractivity contribution in [2.75, 3.05) is 5.32 Å². The Balaban J connectivity index is 2.12. The number of alkyl halides is 3. The Bertz CT molecular complexity index is 870. The molecule has 0 amide bonds. The highest BCUT2D eigenvalue weighted by atomic mass is 19.4. The molecule has 0 radical (unpaired) electrons. The number of aromatic amines is 1. The molecule has 0 bridgehead atoms. The molecule has 3 rings (SSSR count). The van der Waals surface area contributed by atoms with Gasteiger partial charge in [0.2, 0.25) is 5.56 Å². The minimum Gasteiger partial charge on any atom is -0.356 e. The van der Waals surface area contributed by atoms with Gasteiger partial charge in [0.25, 0.3) is 0 Å². The largest absolute Gasteiger partial charge is 0.417 e. The van der Waals surface area contributed by atoms with Crippen LogP contribution in [0.1, 0.15) is 5.56 Å². The number of hydrogen-bond donors (Lipinski definition) is 2. The van der Waals surface area contributed by atoms with Crippen LogP contribution in [0.3, 0.4) is 0 Å². The first-order valence-corrected chi connectivity index (χ1v) is 6.50. The highest BCUT2D eigenvalue weighted by Gasteiger charge is 2.33. The van der Waals surface area contributed by atoms with Gasteiger partial charge in [-0.15, -0.1) is 0 Å². The highest BCUT2D eigenvalue weighted by Crippen LogP contribution is 2.34. The highest BCUT2D eigenvalue weighted by molar-refractivity contribution is 5.86. The summed E-state index contributed by atoms with van der Waals surface area (Å²) in [7, 11) is 0. The van der Waals surface area contributed by atoms with E-state index >= 15 is 0 Å².